The lowest BCUT2D eigenvalue weighted by atomic mass is 10.1. The third-order valence-electron chi connectivity index (χ3n) is 3.72. The SMILES string of the molecule is Cl.NCC(NC(=O)c1sccc1-c1ccccc1)C1CC1. The highest BCUT2D eigenvalue weighted by atomic mass is 35.5. The number of hydrogen-bond donors (Lipinski definition) is 2. The molecule has 0 aliphatic heterocycles. The Kier molecular flexibility index (Phi) is 5.39. The Bertz CT molecular complexity index is 595. The van der Waals surface area contributed by atoms with E-state index in [2.05, 4.69) is 5.32 Å². The standard InChI is InChI=1S/C16H18N2OS.ClH/c17-10-14(12-6-7-12)18-16(19)15-13(8-9-20-15)11-4-2-1-3-5-11;/h1-5,8-9,12,14H,6-7,10,17H2,(H,18,19);1H. The summed E-state index contributed by atoms with van der Waals surface area (Å²) in [5, 5.41) is 5.05. The zero-order valence-corrected chi connectivity index (χ0v) is 13.3. The second kappa shape index (κ2) is 7.07. The van der Waals surface area contributed by atoms with Crippen LogP contribution >= 0.6 is 23.7 Å². The lowest BCUT2D eigenvalue weighted by Crippen LogP contribution is -2.41. The van der Waals surface area contributed by atoms with Crippen molar-refractivity contribution in [1.29, 1.82) is 0 Å². The van der Waals surface area contributed by atoms with Gasteiger partial charge >= 0.3 is 0 Å². The molecule has 0 bridgehead atoms. The fraction of sp³-hybridized carbons (Fsp3) is 0.312. The predicted molar refractivity (Wildman–Crippen MR) is 90.0 cm³/mol. The van der Waals surface area contributed by atoms with Crippen molar-refractivity contribution in [2.24, 2.45) is 11.7 Å². The molecule has 1 amide bonds. The first-order valence-electron chi connectivity index (χ1n) is 6.93. The van der Waals surface area contributed by atoms with E-state index in [1.165, 1.54) is 24.2 Å². The second-order valence-corrected chi connectivity index (χ2v) is 6.10. The number of nitrogens with two attached hydrogens (primary N) is 1. The summed E-state index contributed by atoms with van der Waals surface area (Å²) in [6, 6.07) is 12.1. The zero-order chi connectivity index (χ0) is 13.9. The van der Waals surface area contributed by atoms with Gasteiger partial charge in [0.05, 0.1) is 4.88 Å². The van der Waals surface area contributed by atoms with Crippen LogP contribution in [-0.2, 0) is 0 Å². The van der Waals surface area contributed by atoms with Crippen LogP contribution in [0.25, 0.3) is 11.1 Å². The number of nitrogens with one attached hydrogen (secondary N) is 1. The van der Waals surface area contributed by atoms with Crippen molar-refractivity contribution < 1.29 is 4.79 Å². The Morgan fingerprint density at radius 2 is 2.00 bits per heavy atom. The number of hydrogen-bond acceptors (Lipinski definition) is 3. The summed E-state index contributed by atoms with van der Waals surface area (Å²) in [4.78, 5) is 13.2. The lowest BCUT2D eigenvalue weighted by Gasteiger charge is -2.16. The van der Waals surface area contributed by atoms with Crippen LogP contribution in [0.3, 0.4) is 0 Å². The molecule has 1 atom stereocenters. The van der Waals surface area contributed by atoms with Crippen LogP contribution in [-0.4, -0.2) is 18.5 Å². The minimum Gasteiger partial charge on any atom is -0.347 e. The lowest BCUT2D eigenvalue weighted by molar-refractivity contribution is 0.0938. The maximum absolute atomic E-state index is 12.4. The molecule has 0 saturated heterocycles. The summed E-state index contributed by atoms with van der Waals surface area (Å²) in [5.74, 6) is 0.574. The number of rotatable bonds is 5. The van der Waals surface area contributed by atoms with Crippen molar-refractivity contribution in [3.8, 4) is 11.1 Å². The van der Waals surface area contributed by atoms with Crippen LogP contribution in [0.5, 0.6) is 0 Å². The number of benzene rings is 1. The van der Waals surface area contributed by atoms with Gasteiger partial charge in [-0.2, -0.15) is 0 Å². The van der Waals surface area contributed by atoms with Gasteiger partial charge in [-0.25, -0.2) is 0 Å². The highest BCUT2D eigenvalue weighted by molar-refractivity contribution is 7.12. The molecule has 1 saturated carbocycles. The van der Waals surface area contributed by atoms with Gasteiger partial charge in [-0.1, -0.05) is 30.3 Å². The molecule has 112 valence electrons. The van der Waals surface area contributed by atoms with Crippen LogP contribution in [0.15, 0.2) is 41.8 Å². The van der Waals surface area contributed by atoms with Gasteiger partial charge in [-0.05, 0) is 35.8 Å². The van der Waals surface area contributed by atoms with Gasteiger partial charge in [-0.15, -0.1) is 23.7 Å². The van der Waals surface area contributed by atoms with E-state index in [4.69, 9.17) is 5.73 Å². The van der Waals surface area contributed by atoms with Gasteiger partial charge in [0.25, 0.3) is 5.91 Å². The first-order valence-corrected chi connectivity index (χ1v) is 7.81. The third-order valence-corrected chi connectivity index (χ3v) is 4.63. The maximum atomic E-state index is 12.4. The van der Waals surface area contributed by atoms with Crippen molar-refractivity contribution in [3.63, 3.8) is 0 Å². The van der Waals surface area contributed by atoms with E-state index in [1.54, 1.807) is 0 Å². The van der Waals surface area contributed by atoms with E-state index in [1.807, 2.05) is 41.8 Å². The normalized spacial score (nSPS) is 15.1. The van der Waals surface area contributed by atoms with Gasteiger partial charge in [0.2, 0.25) is 0 Å². The van der Waals surface area contributed by atoms with E-state index in [-0.39, 0.29) is 24.4 Å². The molecule has 5 heteroatoms. The van der Waals surface area contributed by atoms with Crippen molar-refractivity contribution in [2.45, 2.75) is 18.9 Å². The van der Waals surface area contributed by atoms with Gasteiger partial charge in [0.1, 0.15) is 0 Å². The van der Waals surface area contributed by atoms with E-state index in [0.717, 1.165) is 16.0 Å². The monoisotopic (exact) mass is 322 g/mol. The molecule has 1 aromatic carbocycles. The van der Waals surface area contributed by atoms with Crippen LogP contribution < -0.4 is 11.1 Å². The third kappa shape index (κ3) is 3.64. The molecule has 3 N–H and O–H groups in total. The summed E-state index contributed by atoms with van der Waals surface area (Å²) < 4.78 is 0. The summed E-state index contributed by atoms with van der Waals surface area (Å²) in [6.45, 7) is 0.516. The molecule has 3 nitrogen and oxygen atoms in total. The van der Waals surface area contributed by atoms with Crippen LogP contribution in [0.4, 0.5) is 0 Å². The van der Waals surface area contributed by atoms with Gasteiger partial charge in [0.15, 0.2) is 0 Å². The molecule has 3 rings (SSSR count). The Hall–Kier alpha value is -1.36. The highest BCUT2D eigenvalue weighted by Crippen LogP contribution is 2.33. The van der Waals surface area contributed by atoms with E-state index >= 15 is 0 Å². The number of amides is 1. The Labute approximate surface area is 135 Å². The molecular formula is C16H19ClN2OS. The van der Waals surface area contributed by atoms with Gasteiger partial charge < -0.3 is 11.1 Å². The largest absolute Gasteiger partial charge is 0.347 e. The van der Waals surface area contributed by atoms with E-state index in [9.17, 15) is 4.79 Å². The number of halogens is 1. The predicted octanol–water partition coefficient (Wildman–Crippen LogP) is 3.30. The average Bonchev–Trinajstić information content (AvgIpc) is 3.21. The topological polar surface area (TPSA) is 55.1 Å². The molecule has 1 heterocycles. The van der Waals surface area contributed by atoms with Crippen LogP contribution in [0.1, 0.15) is 22.5 Å². The molecule has 1 aromatic heterocycles. The summed E-state index contributed by atoms with van der Waals surface area (Å²) in [6.07, 6.45) is 2.36. The van der Waals surface area contributed by atoms with E-state index in [0.29, 0.717) is 12.5 Å². The molecule has 1 unspecified atom stereocenters. The number of carbonyl (C=O) groups excluding carboxylic acids is 1. The average molecular weight is 323 g/mol. The van der Waals surface area contributed by atoms with Crippen molar-refractivity contribution in [2.75, 3.05) is 6.54 Å². The molecule has 1 aliphatic rings. The Morgan fingerprint density at radius 1 is 1.29 bits per heavy atom. The molecule has 21 heavy (non-hydrogen) atoms. The highest BCUT2D eigenvalue weighted by Gasteiger charge is 2.32. The van der Waals surface area contributed by atoms with Crippen LogP contribution in [0, 0.1) is 5.92 Å². The fourth-order valence-electron chi connectivity index (χ4n) is 2.43. The summed E-state index contributed by atoms with van der Waals surface area (Å²) in [5.41, 5.74) is 7.83. The fourth-order valence-corrected chi connectivity index (χ4v) is 3.25. The molecule has 1 aliphatic carbocycles. The summed E-state index contributed by atoms with van der Waals surface area (Å²) in [7, 11) is 0. The van der Waals surface area contributed by atoms with Crippen molar-refractivity contribution >= 4 is 29.7 Å². The van der Waals surface area contributed by atoms with Crippen molar-refractivity contribution in [3.05, 3.63) is 46.7 Å². The summed E-state index contributed by atoms with van der Waals surface area (Å²) >= 11 is 1.48. The van der Waals surface area contributed by atoms with Gasteiger partial charge in [0, 0.05) is 18.2 Å². The smallest absolute Gasteiger partial charge is 0.262 e. The molecule has 0 radical (unpaired) electrons. The second-order valence-electron chi connectivity index (χ2n) is 5.18. The Morgan fingerprint density at radius 3 is 2.62 bits per heavy atom. The minimum atomic E-state index is 0. The maximum Gasteiger partial charge on any atom is 0.262 e. The van der Waals surface area contributed by atoms with Gasteiger partial charge in [-0.3, -0.25) is 4.79 Å². The number of thiophene rings is 1. The van der Waals surface area contributed by atoms with E-state index < -0.39 is 0 Å². The number of carbonyl (C=O) groups is 1. The van der Waals surface area contributed by atoms with Crippen LogP contribution in [0.2, 0.25) is 0 Å². The van der Waals surface area contributed by atoms with Crippen molar-refractivity contribution in [1.82, 2.24) is 5.32 Å². The minimum absolute atomic E-state index is 0. The first kappa shape index (κ1) is 16.0. The molecular weight excluding hydrogens is 304 g/mol. The molecule has 1 fully saturated rings. The zero-order valence-electron chi connectivity index (χ0n) is 11.6. The quantitative estimate of drug-likeness (QED) is 0.887. The Balaban J connectivity index is 0.00000161. The molecule has 0 spiro atoms. The molecule has 2 aromatic rings. The first-order chi connectivity index (χ1) is 9.79.